The first-order valence-electron chi connectivity index (χ1n) is 11.2. The van der Waals surface area contributed by atoms with E-state index in [2.05, 4.69) is 27.1 Å². The van der Waals surface area contributed by atoms with Gasteiger partial charge in [0.1, 0.15) is 16.9 Å². The van der Waals surface area contributed by atoms with E-state index in [1.165, 1.54) is 0 Å². The molecule has 35 heavy (non-hydrogen) atoms. The predicted octanol–water partition coefficient (Wildman–Crippen LogP) is 6.41. The minimum atomic E-state index is -0.620. The Morgan fingerprint density at radius 2 is 1.60 bits per heavy atom. The van der Waals surface area contributed by atoms with Gasteiger partial charge in [-0.15, -0.1) is 0 Å². The first kappa shape index (κ1) is 19.5. The molecule has 0 aliphatic carbocycles. The van der Waals surface area contributed by atoms with Gasteiger partial charge in [0.2, 0.25) is 0 Å². The normalized spacial score (nSPS) is 11.7. The second kappa shape index (κ2) is 7.27. The van der Waals surface area contributed by atoms with E-state index in [1.807, 2.05) is 42.5 Å². The van der Waals surface area contributed by atoms with E-state index < -0.39 is 5.63 Å². The van der Waals surface area contributed by atoms with E-state index in [1.54, 1.807) is 36.7 Å². The van der Waals surface area contributed by atoms with Crippen molar-refractivity contribution in [3.8, 4) is 28.1 Å². The molecule has 0 saturated heterocycles. The average molecular weight is 455 g/mol. The third-order valence-corrected chi connectivity index (χ3v) is 6.47. The smallest absolute Gasteiger partial charge is 0.348 e. The minimum Gasteiger partial charge on any atom is -0.506 e. The lowest BCUT2D eigenvalue weighted by molar-refractivity contribution is 0.471. The van der Waals surface area contributed by atoms with E-state index in [9.17, 15) is 9.90 Å². The van der Waals surface area contributed by atoms with Gasteiger partial charge in [0.15, 0.2) is 0 Å². The number of rotatable bonds is 2. The first-order valence-corrected chi connectivity index (χ1v) is 11.2. The summed E-state index contributed by atoms with van der Waals surface area (Å²) in [5, 5.41) is 14.7. The zero-order valence-electron chi connectivity index (χ0n) is 18.3. The van der Waals surface area contributed by atoms with Gasteiger partial charge < -0.3 is 14.5 Å². The number of H-pyrrole nitrogens is 1. The molecule has 0 spiro atoms. The van der Waals surface area contributed by atoms with Crippen LogP contribution in [-0.4, -0.2) is 20.1 Å². The van der Waals surface area contributed by atoms with E-state index in [0.29, 0.717) is 38.6 Å². The molecule has 3 aromatic heterocycles. The molecule has 6 nitrogen and oxygen atoms in total. The molecule has 2 N–H and O–H groups in total. The Kier molecular flexibility index (Phi) is 4.05. The molecule has 0 radical (unpaired) electrons. The van der Waals surface area contributed by atoms with Gasteiger partial charge in [-0.25, -0.2) is 4.79 Å². The molecular weight excluding hydrogens is 438 g/mol. The highest BCUT2D eigenvalue weighted by Gasteiger charge is 2.25. The third-order valence-electron chi connectivity index (χ3n) is 6.47. The maximum atomic E-state index is 13.4. The van der Waals surface area contributed by atoms with Crippen molar-refractivity contribution >= 4 is 43.7 Å². The van der Waals surface area contributed by atoms with Crippen molar-refractivity contribution in [3.63, 3.8) is 0 Å². The molecule has 0 atom stereocenters. The molecule has 7 rings (SSSR count). The average Bonchev–Trinajstić information content (AvgIpc) is 3.28. The fourth-order valence-corrected chi connectivity index (χ4v) is 4.88. The molecule has 0 unspecified atom stereocenters. The Balaban J connectivity index is 1.67. The van der Waals surface area contributed by atoms with Crippen molar-refractivity contribution in [1.29, 1.82) is 0 Å². The molecule has 4 aromatic carbocycles. The molecule has 0 aliphatic heterocycles. The van der Waals surface area contributed by atoms with Crippen LogP contribution in [0.15, 0.2) is 100 Å². The van der Waals surface area contributed by atoms with Crippen LogP contribution < -0.4 is 5.63 Å². The van der Waals surface area contributed by atoms with Gasteiger partial charge >= 0.3 is 5.63 Å². The molecule has 0 fully saturated rings. The first-order chi connectivity index (χ1) is 17.2. The Labute approximate surface area is 198 Å². The topological polar surface area (TPSA) is 92.0 Å². The van der Waals surface area contributed by atoms with Gasteiger partial charge in [-0.1, -0.05) is 48.5 Å². The van der Waals surface area contributed by atoms with Gasteiger partial charge in [-0.3, -0.25) is 9.97 Å². The molecule has 166 valence electrons. The number of fused-ring (bicyclic) bond motifs is 5. The predicted molar refractivity (Wildman–Crippen MR) is 137 cm³/mol. The van der Waals surface area contributed by atoms with Crippen molar-refractivity contribution < 1.29 is 9.52 Å². The quantitative estimate of drug-likeness (QED) is 0.294. The molecular formula is C29H17N3O3. The van der Waals surface area contributed by atoms with Gasteiger partial charge in [0, 0.05) is 28.9 Å². The lowest BCUT2D eigenvalue weighted by Gasteiger charge is -2.10. The van der Waals surface area contributed by atoms with E-state index in [0.717, 1.165) is 21.9 Å². The summed E-state index contributed by atoms with van der Waals surface area (Å²) in [5.74, 6) is -0.124. The molecule has 0 amide bonds. The second-order valence-electron chi connectivity index (χ2n) is 8.46. The largest absolute Gasteiger partial charge is 0.506 e. The van der Waals surface area contributed by atoms with Gasteiger partial charge in [-0.2, -0.15) is 0 Å². The Morgan fingerprint density at radius 3 is 2.51 bits per heavy atom. The molecule has 0 bridgehead atoms. The Bertz CT molecular complexity index is 2000. The van der Waals surface area contributed by atoms with Crippen LogP contribution >= 0.6 is 0 Å². The van der Waals surface area contributed by atoms with Crippen molar-refractivity contribution in [2.45, 2.75) is 0 Å². The van der Waals surface area contributed by atoms with Crippen molar-refractivity contribution in [3.05, 3.63) is 102 Å². The molecule has 7 aromatic rings. The fourth-order valence-electron chi connectivity index (χ4n) is 4.88. The van der Waals surface area contributed by atoms with E-state index in [4.69, 9.17) is 4.42 Å². The summed E-state index contributed by atoms with van der Waals surface area (Å²) >= 11 is 0. The highest BCUT2D eigenvalue weighted by Crippen LogP contribution is 2.44. The number of aromatic hydroxyl groups is 1. The number of hydrogen-bond acceptors (Lipinski definition) is 5. The SMILES string of the molecule is O=c1oc2ccccc2c(O)c1-c1c(-c2ccc3ccccc3c2)[nH]c2ccc3nccnc3c12. The lowest BCUT2D eigenvalue weighted by atomic mass is 9.96. The van der Waals surface area contributed by atoms with Gasteiger partial charge in [0.05, 0.1) is 22.1 Å². The number of nitrogens with zero attached hydrogens (tertiary/aromatic N) is 2. The standard InChI is InChI=1S/C29H17N3O3/c33-28-19-7-3-4-8-22(19)35-29(34)25(28)24-23-20(11-12-21-27(23)31-14-13-30-21)32-26(24)18-10-9-16-5-1-2-6-17(16)15-18/h1-15,32-33H. The number of hydrogen-bond donors (Lipinski definition) is 2. The number of benzene rings is 4. The van der Waals surface area contributed by atoms with Crippen molar-refractivity contribution in [2.24, 2.45) is 0 Å². The van der Waals surface area contributed by atoms with Gasteiger partial charge in [-0.05, 0) is 46.7 Å². The Hall–Kier alpha value is -4.97. The zero-order chi connectivity index (χ0) is 23.5. The van der Waals surface area contributed by atoms with Crippen molar-refractivity contribution in [2.75, 3.05) is 0 Å². The van der Waals surface area contributed by atoms with Crippen LogP contribution in [0.5, 0.6) is 5.75 Å². The molecule has 0 aliphatic rings. The number of nitrogens with one attached hydrogen (secondary N) is 1. The van der Waals surface area contributed by atoms with Crippen LogP contribution in [0.2, 0.25) is 0 Å². The summed E-state index contributed by atoms with van der Waals surface area (Å²) in [6, 6.07) is 25.0. The maximum absolute atomic E-state index is 13.4. The highest BCUT2D eigenvalue weighted by atomic mass is 16.4. The van der Waals surface area contributed by atoms with E-state index >= 15 is 0 Å². The van der Waals surface area contributed by atoms with Crippen molar-refractivity contribution in [1.82, 2.24) is 15.0 Å². The summed E-state index contributed by atoms with van der Waals surface area (Å²) in [6.07, 6.45) is 3.25. The second-order valence-corrected chi connectivity index (χ2v) is 8.46. The van der Waals surface area contributed by atoms with Crippen LogP contribution in [0, 0.1) is 0 Å². The fraction of sp³-hybridized carbons (Fsp3) is 0. The number of aromatic amines is 1. The Morgan fingerprint density at radius 1 is 0.800 bits per heavy atom. The van der Waals surface area contributed by atoms with Gasteiger partial charge in [0.25, 0.3) is 0 Å². The summed E-state index contributed by atoms with van der Waals surface area (Å²) in [5.41, 5.74) is 4.02. The van der Waals surface area contributed by atoms with Crippen LogP contribution in [-0.2, 0) is 0 Å². The van der Waals surface area contributed by atoms with Crippen LogP contribution in [0.4, 0.5) is 0 Å². The monoisotopic (exact) mass is 455 g/mol. The van der Waals surface area contributed by atoms with E-state index in [-0.39, 0.29) is 11.3 Å². The molecule has 3 heterocycles. The van der Waals surface area contributed by atoms with Crippen LogP contribution in [0.1, 0.15) is 0 Å². The molecule has 0 saturated carbocycles. The maximum Gasteiger partial charge on any atom is 0.348 e. The zero-order valence-corrected chi connectivity index (χ0v) is 18.3. The summed E-state index contributed by atoms with van der Waals surface area (Å²) in [7, 11) is 0. The highest BCUT2D eigenvalue weighted by molar-refractivity contribution is 6.16. The lowest BCUT2D eigenvalue weighted by Crippen LogP contribution is -2.04. The summed E-state index contributed by atoms with van der Waals surface area (Å²) in [6.45, 7) is 0. The summed E-state index contributed by atoms with van der Waals surface area (Å²) in [4.78, 5) is 25.9. The molecule has 6 heteroatoms. The van der Waals surface area contributed by atoms with Crippen LogP contribution in [0.25, 0.3) is 66.1 Å². The van der Waals surface area contributed by atoms with Crippen LogP contribution in [0.3, 0.4) is 0 Å². The number of para-hydroxylation sites is 1. The number of aromatic nitrogens is 3. The third kappa shape index (κ3) is 2.87. The minimum absolute atomic E-state index is 0.0938. The summed E-state index contributed by atoms with van der Waals surface area (Å²) < 4.78 is 5.65.